The van der Waals surface area contributed by atoms with Gasteiger partial charge in [-0.2, -0.15) is 0 Å². The summed E-state index contributed by atoms with van der Waals surface area (Å²) in [6, 6.07) is 6.83. The number of carbonyl (C=O) groups excluding carboxylic acids is 2. The number of amides is 1. The van der Waals surface area contributed by atoms with Crippen molar-refractivity contribution in [2.75, 3.05) is 33.8 Å². The largest absolute Gasteiger partial charge is 0.468 e. The second kappa shape index (κ2) is 8.78. The monoisotopic (exact) mass is 412 g/mol. The van der Waals surface area contributed by atoms with Gasteiger partial charge in [-0.15, -0.1) is 0 Å². The van der Waals surface area contributed by atoms with Crippen LogP contribution in [0.15, 0.2) is 28.7 Å². The van der Waals surface area contributed by atoms with Crippen molar-refractivity contribution in [3.8, 4) is 0 Å². The summed E-state index contributed by atoms with van der Waals surface area (Å²) in [4.78, 5) is 28.5. The van der Waals surface area contributed by atoms with E-state index in [4.69, 9.17) is 9.47 Å². The van der Waals surface area contributed by atoms with Gasteiger partial charge in [0.15, 0.2) is 0 Å². The number of likely N-dealkylation sites (N-methyl/N-ethyl adjacent to an activating group) is 1. The lowest BCUT2D eigenvalue weighted by Crippen LogP contribution is -2.51. The van der Waals surface area contributed by atoms with Gasteiger partial charge in [0.05, 0.1) is 25.9 Å². The molecule has 0 saturated carbocycles. The summed E-state index contributed by atoms with van der Waals surface area (Å²) in [5, 5.41) is 0. The zero-order valence-electron chi connectivity index (χ0n) is 15.1. The van der Waals surface area contributed by atoms with Crippen LogP contribution < -0.4 is 0 Å². The summed E-state index contributed by atoms with van der Waals surface area (Å²) in [7, 11) is 3.11. The summed E-state index contributed by atoms with van der Waals surface area (Å²) in [6.45, 7) is 5.18. The molecule has 25 heavy (non-hydrogen) atoms. The topological polar surface area (TPSA) is 59.1 Å². The van der Waals surface area contributed by atoms with Gasteiger partial charge in [0, 0.05) is 17.6 Å². The van der Waals surface area contributed by atoms with Crippen LogP contribution >= 0.6 is 15.9 Å². The molecule has 0 radical (unpaired) electrons. The zero-order valence-corrected chi connectivity index (χ0v) is 16.7. The fourth-order valence-electron chi connectivity index (χ4n) is 3.14. The minimum absolute atomic E-state index is 0.0134. The highest BCUT2D eigenvalue weighted by Crippen LogP contribution is 2.24. The number of ether oxygens (including phenoxy) is 2. The van der Waals surface area contributed by atoms with Gasteiger partial charge in [-0.3, -0.25) is 9.69 Å². The average Bonchev–Trinajstić information content (AvgIpc) is 2.54. The van der Waals surface area contributed by atoms with Crippen molar-refractivity contribution < 1.29 is 19.1 Å². The van der Waals surface area contributed by atoms with Crippen LogP contribution in [-0.4, -0.2) is 67.7 Å². The Morgan fingerprint density at radius 3 is 2.56 bits per heavy atom. The number of carbonyl (C=O) groups is 2. The molecule has 7 heteroatoms. The summed E-state index contributed by atoms with van der Waals surface area (Å²) in [5.41, 5.74) is 0.778. The number of hydrogen-bond donors (Lipinski definition) is 0. The van der Waals surface area contributed by atoms with Gasteiger partial charge in [-0.05, 0) is 38.6 Å². The first-order chi connectivity index (χ1) is 11.8. The van der Waals surface area contributed by atoms with Crippen LogP contribution in [0.1, 0.15) is 25.5 Å². The molecule has 1 aliphatic heterocycles. The number of rotatable bonds is 5. The Labute approximate surface area is 157 Å². The average molecular weight is 413 g/mol. The number of methoxy groups -OCH3 is 1. The smallest absolute Gasteiger partial charge is 0.327 e. The van der Waals surface area contributed by atoms with Gasteiger partial charge >= 0.3 is 5.97 Å². The van der Waals surface area contributed by atoms with E-state index in [2.05, 4.69) is 15.9 Å². The van der Waals surface area contributed by atoms with E-state index in [0.29, 0.717) is 13.1 Å². The van der Waals surface area contributed by atoms with Crippen LogP contribution in [0.3, 0.4) is 0 Å². The molecule has 3 unspecified atom stereocenters. The van der Waals surface area contributed by atoms with E-state index >= 15 is 0 Å². The van der Waals surface area contributed by atoms with E-state index in [1.807, 2.05) is 38.1 Å². The number of esters is 1. The summed E-state index contributed by atoms with van der Waals surface area (Å²) < 4.78 is 11.5. The predicted octanol–water partition coefficient (Wildman–Crippen LogP) is 2.23. The van der Waals surface area contributed by atoms with Gasteiger partial charge in [0.2, 0.25) is 5.91 Å². The first-order valence-electron chi connectivity index (χ1n) is 8.28. The lowest BCUT2D eigenvalue weighted by Gasteiger charge is -2.36. The Hall–Kier alpha value is -1.44. The van der Waals surface area contributed by atoms with Crippen molar-refractivity contribution in [1.82, 2.24) is 9.80 Å². The van der Waals surface area contributed by atoms with Crippen molar-refractivity contribution in [3.05, 3.63) is 34.3 Å². The summed E-state index contributed by atoms with van der Waals surface area (Å²) >= 11 is 3.42. The zero-order chi connectivity index (χ0) is 18.6. The van der Waals surface area contributed by atoms with Gasteiger partial charge in [-0.1, -0.05) is 28.1 Å². The predicted molar refractivity (Wildman–Crippen MR) is 98.1 cm³/mol. The highest BCUT2D eigenvalue weighted by Gasteiger charge is 2.31. The lowest BCUT2D eigenvalue weighted by molar-refractivity contribution is -0.150. The highest BCUT2D eigenvalue weighted by atomic mass is 79.9. The highest BCUT2D eigenvalue weighted by molar-refractivity contribution is 9.10. The van der Waals surface area contributed by atoms with Crippen LogP contribution in [0.5, 0.6) is 0 Å². The van der Waals surface area contributed by atoms with E-state index in [-0.39, 0.29) is 24.7 Å². The third-order valence-electron chi connectivity index (χ3n) is 4.19. The number of benzene rings is 1. The van der Waals surface area contributed by atoms with E-state index in [0.717, 1.165) is 10.0 Å². The quantitative estimate of drug-likeness (QED) is 0.693. The number of nitrogens with zero attached hydrogens (tertiary/aromatic N) is 2. The molecule has 1 saturated heterocycles. The van der Waals surface area contributed by atoms with Crippen molar-refractivity contribution >= 4 is 27.8 Å². The molecule has 1 aromatic carbocycles. The number of morpholine rings is 1. The molecular formula is C18H25BrN2O4. The Morgan fingerprint density at radius 2 is 2.00 bits per heavy atom. The van der Waals surface area contributed by atoms with Gasteiger partial charge in [0.1, 0.15) is 6.04 Å². The molecule has 0 spiro atoms. The van der Waals surface area contributed by atoms with E-state index < -0.39 is 12.0 Å². The number of halogens is 1. The maximum absolute atomic E-state index is 12.7. The fraction of sp³-hybridized carbons (Fsp3) is 0.556. The van der Waals surface area contributed by atoms with E-state index in [1.165, 1.54) is 7.11 Å². The van der Waals surface area contributed by atoms with Gasteiger partial charge in [0.25, 0.3) is 0 Å². The van der Waals surface area contributed by atoms with E-state index in [1.54, 1.807) is 16.8 Å². The van der Waals surface area contributed by atoms with Gasteiger partial charge in [-0.25, -0.2) is 4.79 Å². The molecule has 0 aliphatic carbocycles. The standard InChI is InChI=1S/C18H25BrN2O4/c1-12-9-21(10-13(2)25-12)16(22)11-20(3)17(18(23)24-4)14-6-5-7-15(19)8-14/h5-8,12-13,17H,9-11H2,1-4H3. The third-order valence-corrected chi connectivity index (χ3v) is 4.68. The SMILES string of the molecule is COC(=O)C(c1cccc(Br)c1)N(C)CC(=O)N1CC(C)OC(C)C1. The maximum Gasteiger partial charge on any atom is 0.327 e. The Kier molecular flexibility index (Phi) is 6.98. The molecule has 0 N–H and O–H groups in total. The molecule has 1 fully saturated rings. The summed E-state index contributed by atoms with van der Waals surface area (Å²) in [6.07, 6.45) is 0.0268. The second-order valence-electron chi connectivity index (χ2n) is 6.45. The second-order valence-corrected chi connectivity index (χ2v) is 7.37. The molecule has 138 valence electrons. The van der Waals surface area contributed by atoms with Crippen molar-refractivity contribution in [2.24, 2.45) is 0 Å². The Balaban J connectivity index is 2.12. The summed E-state index contributed by atoms with van der Waals surface area (Å²) in [5.74, 6) is -0.412. The molecule has 6 nitrogen and oxygen atoms in total. The minimum Gasteiger partial charge on any atom is -0.468 e. The Bertz CT molecular complexity index is 615. The number of hydrogen-bond acceptors (Lipinski definition) is 5. The van der Waals surface area contributed by atoms with Crippen LogP contribution in [0.25, 0.3) is 0 Å². The minimum atomic E-state index is -0.637. The third kappa shape index (κ3) is 5.26. The van der Waals surface area contributed by atoms with Crippen LogP contribution in [0, 0.1) is 0 Å². The molecule has 1 heterocycles. The molecule has 0 aromatic heterocycles. The molecule has 3 atom stereocenters. The first-order valence-corrected chi connectivity index (χ1v) is 9.08. The molecule has 2 rings (SSSR count). The normalized spacial score (nSPS) is 21.9. The lowest BCUT2D eigenvalue weighted by atomic mass is 10.1. The van der Waals surface area contributed by atoms with Gasteiger partial charge < -0.3 is 14.4 Å². The fourth-order valence-corrected chi connectivity index (χ4v) is 3.56. The maximum atomic E-state index is 12.7. The molecule has 1 amide bonds. The van der Waals surface area contributed by atoms with Crippen molar-refractivity contribution in [1.29, 1.82) is 0 Å². The molecule has 0 bridgehead atoms. The molecular weight excluding hydrogens is 388 g/mol. The molecule has 1 aliphatic rings. The molecule has 1 aromatic rings. The van der Waals surface area contributed by atoms with Crippen LogP contribution in [-0.2, 0) is 19.1 Å². The van der Waals surface area contributed by atoms with Crippen molar-refractivity contribution in [3.63, 3.8) is 0 Å². The first kappa shape index (κ1) is 19.9. The van der Waals surface area contributed by atoms with Crippen LogP contribution in [0.4, 0.5) is 0 Å². The van der Waals surface area contributed by atoms with Crippen molar-refractivity contribution in [2.45, 2.75) is 32.1 Å². The van der Waals surface area contributed by atoms with E-state index in [9.17, 15) is 9.59 Å². The Morgan fingerprint density at radius 1 is 1.36 bits per heavy atom. The van der Waals surface area contributed by atoms with Crippen LogP contribution in [0.2, 0.25) is 0 Å².